The van der Waals surface area contributed by atoms with Gasteiger partial charge in [0.1, 0.15) is 0 Å². The van der Waals surface area contributed by atoms with Crippen molar-refractivity contribution in [3.63, 3.8) is 0 Å². The molecule has 0 spiro atoms. The Bertz CT molecular complexity index is 424. The van der Waals surface area contributed by atoms with Crippen LogP contribution in [0.25, 0.3) is 5.20 Å². The molecule has 3 heteroatoms. The minimum absolute atomic E-state index is 0.724. The van der Waals surface area contributed by atoms with Gasteiger partial charge in [0.25, 0.3) is 0 Å². The topological polar surface area (TPSA) is 23.8 Å². The minimum Gasteiger partial charge on any atom is -0.193 e. The van der Waals surface area contributed by atoms with Crippen LogP contribution in [0.2, 0.25) is 24.7 Å². The third-order valence-corrected chi connectivity index (χ3v) is 4.54. The van der Waals surface area contributed by atoms with E-state index in [1.807, 2.05) is 24.3 Å². The van der Waals surface area contributed by atoms with E-state index in [2.05, 4.69) is 25.7 Å². The summed E-state index contributed by atoms with van der Waals surface area (Å²) in [5.41, 5.74) is 1.000. The van der Waals surface area contributed by atoms with Crippen LogP contribution in [-0.4, -0.2) is 8.07 Å². The summed E-state index contributed by atoms with van der Waals surface area (Å²) >= 11 is 6.13. The molecule has 0 aromatic heterocycles. The molecule has 0 bridgehead atoms. The maximum absolute atomic E-state index is 8.80. The van der Waals surface area contributed by atoms with Crippen molar-refractivity contribution in [1.29, 1.82) is 5.26 Å². The molecule has 0 saturated heterocycles. The van der Waals surface area contributed by atoms with Crippen molar-refractivity contribution >= 4 is 24.9 Å². The highest BCUT2D eigenvalue weighted by molar-refractivity contribution is 6.93. The van der Waals surface area contributed by atoms with Crippen LogP contribution in [-0.2, 0) is 0 Å². The molecule has 1 nitrogen and oxygen atoms in total. The molecule has 0 aliphatic rings. The summed E-state index contributed by atoms with van der Waals surface area (Å²) in [5.74, 6) is 0. The summed E-state index contributed by atoms with van der Waals surface area (Å²) in [6, 6.07) is 9.81. The first-order valence-electron chi connectivity index (χ1n) is 4.82. The highest BCUT2D eigenvalue weighted by Crippen LogP contribution is 2.30. The lowest BCUT2D eigenvalue weighted by Gasteiger charge is -2.21. The first-order valence-corrected chi connectivity index (χ1v) is 8.70. The molecule has 0 aliphatic carbocycles. The van der Waals surface area contributed by atoms with E-state index in [9.17, 15) is 0 Å². The lowest BCUT2D eigenvalue weighted by Crippen LogP contribution is -2.22. The first-order chi connectivity index (χ1) is 6.96. The molecule has 0 N–H and O–H groups in total. The van der Waals surface area contributed by atoms with Gasteiger partial charge in [-0.15, -0.1) is 0 Å². The maximum atomic E-state index is 8.80. The molecule has 1 rings (SSSR count). The zero-order chi connectivity index (χ0) is 11.5. The van der Waals surface area contributed by atoms with E-state index in [-0.39, 0.29) is 0 Å². The van der Waals surface area contributed by atoms with Crippen LogP contribution >= 0.6 is 11.6 Å². The van der Waals surface area contributed by atoms with Gasteiger partial charge >= 0.3 is 0 Å². The molecule has 0 atom stereocenters. The lowest BCUT2D eigenvalue weighted by atomic mass is 10.2. The van der Waals surface area contributed by atoms with Crippen LogP contribution in [0.15, 0.2) is 30.3 Å². The average Bonchev–Trinajstić information content (AvgIpc) is 2.14. The molecule has 1 aromatic rings. The maximum Gasteiger partial charge on any atom is 0.0911 e. The van der Waals surface area contributed by atoms with Crippen molar-refractivity contribution in [2.45, 2.75) is 19.6 Å². The molecule has 0 heterocycles. The quantitative estimate of drug-likeness (QED) is 0.559. The van der Waals surface area contributed by atoms with Crippen molar-refractivity contribution in [2.75, 3.05) is 0 Å². The zero-order valence-electron chi connectivity index (χ0n) is 9.21. The zero-order valence-corrected chi connectivity index (χ0v) is 11.0. The van der Waals surface area contributed by atoms with Crippen molar-refractivity contribution in [1.82, 2.24) is 0 Å². The van der Waals surface area contributed by atoms with Crippen LogP contribution in [0.3, 0.4) is 0 Å². The highest BCUT2D eigenvalue weighted by atomic mass is 35.5. The summed E-state index contributed by atoms with van der Waals surface area (Å²) in [4.78, 5) is 0. The van der Waals surface area contributed by atoms with E-state index >= 15 is 0 Å². The molecule has 15 heavy (non-hydrogen) atoms. The average molecular weight is 236 g/mol. The molecule has 0 radical (unpaired) electrons. The van der Waals surface area contributed by atoms with Crippen molar-refractivity contribution in [3.8, 4) is 6.07 Å². The van der Waals surface area contributed by atoms with Crippen LogP contribution in [0.4, 0.5) is 0 Å². The van der Waals surface area contributed by atoms with Gasteiger partial charge in [-0.25, -0.2) is 0 Å². The Kier molecular flexibility index (Phi) is 3.73. The Morgan fingerprint density at radius 1 is 1.33 bits per heavy atom. The standard InChI is InChI=1S/C12H14ClNSi/c1-15(2,3)12(8-9-14)10-6-4-5-7-11(10)13/h4-8H,1-3H3/b12-8+. The van der Waals surface area contributed by atoms with Gasteiger partial charge in [-0.3, -0.25) is 0 Å². The number of hydrogen-bond acceptors (Lipinski definition) is 1. The van der Waals surface area contributed by atoms with Gasteiger partial charge in [0.15, 0.2) is 0 Å². The number of benzene rings is 1. The molecule has 78 valence electrons. The van der Waals surface area contributed by atoms with Crippen molar-refractivity contribution < 1.29 is 0 Å². The van der Waals surface area contributed by atoms with E-state index < -0.39 is 8.07 Å². The Hall–Kier alpha value is -1.04. The first kappa shape index (κ1) is 12.0. The number of nitriles is 1. The second-order valence-corrected chi connectivity index (χ2v) is 9.86. The summed E-state index contributed by atoms with van der Waals surface area (Å²) < 4.78 is 0. The van der Waals surface area contributed by atoms with Crippen LogP contribution in [0.5, 0.6) is 0 Å². The monoisotopic (exact) mass is 235 g/mol. The third kappa shape index (κ3) is 2.95. The third-order valence-electron chi connectivity index (χ3n) is 2.18. The van der Waals surface area contributed by atoms with Gasteiger partial charge in [0.2, 0.25) is 0 Å². The minimum atomic E-state index is -1.53. The van der Waals surface area contributed by atoms with Crippen LogP contribution < -0.4 is 0 Å². The second-order valence-electron chi connectivity index (χ2n) is 4.42. The summed E-state index contributed by atoms with van der Waals surface area (Å²) in [6.07, 6.45) is 1.63. The highest BCUT2D eigenvalue weighted by Gasteiger charge is 2.22. The number of halogens is 1. The summed E-state index contributed by atoms with van der Waals surface area (Å²) in [7, 11) is -1.53. The lowest BCUT2D eigenvalue weighted by molar-refractivity contribution is 1.53. The largest absolute Gasteiger partial charge is 0.193 e. The van der Waals surface area contributed by atoms with Crippen molar-refractivity contribution in [2.24, 2.45) is 0 Å². The Morgan fingerprint density at radius 2 is 1.93 bits per heavy atom. The molecule has 1 aromatic carbocycles. The number of allylic oxidation sites excluding steroid dienone is 1. The number of nitrogens with zero attached hydrogens (tertiary/aromatic N) is 1. The summed E-state index contributed by atoms with van der Waals surface area (Å²) in [6.45, 7) is 6.62. The fourth-order valence-electron chi connectivity index (χ4n) is 1.44. The van der Waals surface area contributed by atoms with Gasteiger partial charge in [0.05, 0.1) is 14.1 Å². The SMILES string of the molecule is C[Si](C)(C)/C(=C/C#N)c1ccccc1Cl. The van der Waals surface area contributed by atoms with E-state index in [0.29, 0.717) is 0 Å². The summed E-state index contributed by atoms with van der Waals surface area (Å²) in [5, 5.41) is 10.6. The second kappa shape index (κ2) is 4.65. The molecule has 0 saturated carbocycles. The van der Waals surface area contributed by atoms with Crippen molar-refractivity contribution in [3.05, 3.63) is 40.9 Å². The Morgan fingerprint density at radius 3 is 2.40 bits per heavy atom. The normalized spacial score (nSPS) is 12.3. The fraction of sp³-hybridized carbons (Fsp3) is 0.250. The molecular weight excluding hydrogens is 222 g/mol. The van der Waals surface area contributed by atoms with Gasteiger partial charge in [-0.2, -0.15) is 5.26 Å². The molecule has 0 fully saturated rings. The molecule has 0 aliphatic heterocycles. The molecular formula is C12H14ClNSi. The predicted octanol–water partition coefficient (Wildman–Crippen LogP) is 4.12. The fourth-order valence-corrected chi connectivity index (χ4v) is 3.28. The van der Waals surface area contributed by atoms with E-state index in [1.54, 1.807) is 6.08 Å². The van der Waals surface area contributed by atoms with E-state index in [0.717, 1.165) is 15.8 Å². The number of hydrogen-bond donors (Lipinski definition) is 0. The van der Waals surface area contributed by atoms with Gasteiger partial charge in [-0.1, -0.05) is 49.4 Å². The number of rotatable bonds is 2. The predicted molar refractivity (Wildman–Crippen MR) is 68.4 cm³/mol. The van der Waals surface area contributed by atoms with Gasteiger partial charge in [0, 0.05) is 11.1 Å². The van der Waals surface area contributed by atoms with Gasteiger partial charge in [-0.05, 0) is 16.8 Å². The van der Waals surface area contributed by atoms with Gasteiger partial charge < -0.3 is 0 Å². The van der Waals surface area contributed by atoms with E-state index in [1.165, 1.54) is 0 Å². The Labute approximate surface area is 97.0 Å². The van der Waals surface area contributed by atoms with E-state index in [4.69, 9.17) is 16.9 Å². The van der Waals surface area contributed by atoms with Crippen LogP contribution in [0.1, 0.15) is 5.56 Å². The van der Waals surface area contributed by atoms with Crippen LogP contribution in [0, 0.1) is 11.3 Å². The smallest absolute Gasteiger partial charge is 0.0911 e. The Balaban J connectivity index is 3.32. The molecule has 0 amide bonds. The molecule has 0 unspecified atom stereocenters.